The molecule has 10 rings (SSSR count). The van der Waals surface area contributed by atoms with Crippen LogP contribution in [-0.2, 0) is 10.8 Å². The second-order valence-corrected chi connectivity index (χ2v) is 18.5. The van der Waals surface area contributed by atoms with Crippen molar-refractivity contribution in [3.05, 3.63) is 193 Å². The van der Waals surface area contributed by atoms with Gasteiger partial charge in [-0.2, -0.15) is 0 Å². The molecule has 302 valence electrons. The van der Waals surface area contributed by atoms with Crippen molar-refractivity contribution in [2.24, 2.45) is 0 Å². The molecule has 0 fully saturated rings. The third kappa shape index (κ3) is 7.02. The van der Waals surface area contributed by atoms with Crippen LogP contribution in [0, 0.1) is 0 Å². The van der Waals surface area contributed by atoms with Crippen molar-refractivity contribution < 1.29 is 5.11 Å². The number of aromatic hydroxyl groups is 1. The van der Waals surface area contributed by atoms with Crippen LogP contribution in [0.1, 0.15) is 52.7 Å². The minimum Gasteiger partial charge on any atom is -0.507 e. The molecule has 1 N–H and O–H groups in total. The summed E-state index contributed by atoms with van der Waals surface area (Å²) in [6.45, 7) is 13.3. The molecule has 0 saturated carbocycles. The van der Waals surface area contributed by atoms with Gasteiger partial charge in [-0.05, 0) is 121 Å². The first kappa shape index (κ1) is 38.9. The van der Waals surface area contributed by atoms with Crippen LogP contribution in [0.25, 0.3) is 94.3 Å². The maximum atomic E-state index is 11.7. The predicted molar refractivity (Wildman–Crippen MR) is 260 cm³/mol. The number of hydrogen-bond acceptors (Lipinski definition) is 3. The molecule has 0 saturated heterocycles. The van der Waals surface area contributed by atoms with Crippen molar-refractivity contribution in [2.75, 3.05) is 0 Å². The fourth-order valence-corrected chi connectivity index (χ4v) is 8.80. The summed E-state index contributed by atoms with van der Waals surface area (Å²) in [5.74, 6) is 0.879. The quantitative estimate of drug-likeness (QED) is 0.182. The number of phenols is 1. The van der Waals surface area contributed by atoms with Gasteiger partial charge in [0, 0.05) is 28.4 Å². The summed E-state index contributed by atoms with van der Waals surface area (Å²) in [5.41, 5.74) is 15.3. The lowest BCUT2D eigenvalue weighted by molar-refractivity contribution is 0.475. The third-order valence-corrected chi connectivity index (χ3v) is 12.3. The Kier molecular flexibility index (Phi) is 9.41. The van der Waals surface area contributed by atoms with Gasteiger partial charge < -0.3 is 5.11 Å². The van der Waals surface area contributed by atoms with Gasteiger partial charge in [0.25, 0.3) is 0 Å². The highest BCUT2D eigenvalue weighted by Gasteiger charge is 2.25. The van der Waals surface area contributed by atoms with Gasteiger partial charge in [0.05, 0.1) is 22.1 Å². The highest BCUT2D eigenvalue weighted by molar-refractivity contribution is 6.04. The first-order valence-corrected chi connectivity index (χ1v) is 21.5. The van der Waals surface area contributed by atoms with Gasteiger partial charge in [-0.25, -0.2) is 4.98 Å². The van der Waals surface area contributed by atoms with Crippen LogP contribution in [0.4, 0.5) is 0 Å². The minimum absolute atomic E-state index is 0.0121. The third-order valence-electron chi connectivity index (χ3n) is 12.3. The second kappa shape index (κ2) is 15.0. The van der Waals surface area contributed by atoms with E-state index >= 15 is 0 Å². The van der Waals surface area contributed by atoms with Crippen molar-refractivity contribution in [2.45, 2.75) is 52.4 Å². The fraction of sp³-hybridized carbons (Fsp3) is 0.138. The number of aromatic nitrogens is 3. The normalized spacial score (nSPS) is 12.1. The van der Waals surface area contributed by atoms with E-state index in [2.05, 4.69) is 210 Å². The number of para-hydroxylation sites is 1. The Morgan fingerprint density at radius 1 is 0.435 bits per heavy atom. The van der Waals surface area contributed by atoms with Gasteiger partial charge >= 0.3 is 0 Å². The molecule has 4 heteroatoms. The molecular formula is C58H49N3O. The first-order valence-electron chi connectivity index (χ1n) is 21.5. The van der Waals surface area contributed by atoms with Gasteiger partial charge in [0.15, 0.2) is 0 Å². The van der Waals surface area contributed by atoms with E-state index in [9.17, 15) is 5.11 Å². The number of fused-ring (bicyclic) bond motifs is 3. The summed E-state index contributed by atoms with van der Waals surface area (Å²) in [4.78, 5) is 10.5. The number of benzene rings is 8. The zero-order valence-corrected chi connectivity index (χ0v) is 36.1. The van der Waals surface area contributed by atoms with Crippen LogP contribution >= 0.6 is 0 Å². The Labute approximate surface area is 363 Å². The molecule has 0 spiro atoms. The van der Waals surface area contributed by atoms with E-state index in [0.717, 1.165) is 77.7 Å². The first-order chi connectivity index (χ1) is 29.9. The molecule has 0 unspecified atom stereocenters. The number of pyridine rings is 1. The Balaban J connectivity index is 1.25. The molecule has 8 aromatic carbocycles. The standard InChI is InChI=1S/C58H49N3O/c1-57(2,3)44-24-27-46(28-25-44)61-52-35-43(40-23-22-37-14-10-11-17-39(37)32-40)34-50(55(52)60-56(61)51-36-45(58(4,5)6)26-29-53(51)62)42-19-12-18-41(33-42)48-20-13-21-49-47(30-31-59-54(48)49)38-15-8-7-9-16-38/h7-36,62H,1-6H3. The second-order valence-electron chi connectivity index (χ2n) is 18.5. The summed E-state index contributed by atoms with van der Waals surface area (Å²) in [6, 6.07) is 62.4. The van der Waals surface area contributed by atoms with E-state index in [0.29, 0.717) is 11.4 Å². The smallest absolute Gasteiger partial charge is 0.149 e. The molecule has 0 amide bonds. The Hall–Kier alpha value is -7.30. The van der Waals surface area contributed by atoms with Crippen LogP contribution in [0.5, 0.6) is 5.75 Å². The average molecular weight is 804 g/mol. The Morgan fingerprint density at radius 2 is 1.11 bits per heavy atom. The molecule has 62 heavy (non-hydrogen) atoms. The topological polar surface area (TPSA) is 50.9 Å². The van der Waals surface area contributed by atoms with Crippen molar-refractivity contribution in [3.8, 4) is 67.3 Å². The van der Waals surface area contributed by atoms with E-state index in [1.807, 2.05) is 18.3 Å². The van der Waals surface area contributed by atoms with Gasteiger partial charge in [-0.3, -0.25) is 9.55 Å². The lowest BCUT2D eigenvalue weighted by atomic mass is 9.86. The maximum Gasteiger partial charge on any atom is 0.149 e. The summed E-state index contributed by atoms with van der Waals surface area (Å²) in [6.07, 6.45) is 1.92. The Morgan fingerprint density at radius 3 is 1.87 bits per heavy atom. The monoisotopic (exact) mass is 803 g/mol. The van der Waals surface area contributed by atoms with Crippen LogP contribution in [-0.4, -0.2) is 19.6 Å². The van der Waals surface area contributed by atoms with Gasteiger partial charge in [0.2, 0.25) is 0 Å². The molecule has 10 aromatic rings. The zero-order chi connectivity index (χ0) is 42.8. The van der Waals surface area contributed by atoms with Gasteiger partial charge in [0.1, 0.15) is 11.6 Å². The number of rotatable bonds is 6. The number of phenolic OH excluding ortho intramolecular Hbond substituents is 1. The lowest BCUT2D eigenvalue weighted by Gasteiger charge is -2.21. The van der Waals surface area contributed by atoms with Gasteiger partial charge in [-0.1, -0.05) is 163 Å². The summed E-state index contributed by atoms with van der Waals surface area (Å²) >= 11 is 0. The number of nitrogens with zero attached hydrogens (tertiary/aromatic N) is 3. The molecule has 0 radical (unpaired) electrons. The lowest BCUT2D eigenvalue weighted by Crippen LogP contribution is -2.11. The highest BCUT2D eigenvalue weighted by atomic mass is 16.3. The SMILES string of the molecule is CC(C)(C)c1ccc(-n2c(-c3cc(C(C)(C)C)ccc3O)nc3c(-c4cccc(-c5cccc6c(-c7ccccc7)ccnc56)c4)cc(-c4ccc5ccccc5c4)cc32)cc1. The highest BCUT2D eigenvalue weighted by Crippen LogP contribution is 2.43. The molecule has 0 aliphatic rings. The minimum atomic E-state index is -0.138. The van der Waals surface area contributed by atoms with Crippen molar-refractivity contribution in [1.29, 1.82) is 0 Å². The zero-order valence-electron chi connectivity index (χ0n) is 36.1. The van der Waals surface area contributed by atoms with Gasteiger partial charge in [-0.15, -0.1) is 0 Å². The van der Waals surface area contributed by atoms with Crippen LogP contribution < -0.4 is 0 Å². The van der Waals surface area contributed by atoms with E-state index in [1.54, 1.807) is 0 Å². The average Bonchev–Trinajstić information content (AvgIpc) is 3.67. The molecule has 0 atom stereocenters. The number of imidazole rings is 1. The summed E-state index contributed by atoms with van der Waals surface area (Å²) < 4.78 is 2.24. The molecule has 4 nitrogen and oxygen atoms in total. The fourth-order valence-electron chi connectivity index (χ4n) is 8.80. The summed E-state index contributed by atoms with van der Waals surface area (Å²) in [5, 5.41) is 15.2. The van der Waals surface area contributed by atoms with Crippen LogP contribution in [0.15, 0.2) is 182 Å². The maximum absolute atomic E-state index is 11.7. The van der Waals surface area contributed by atoms with Crippen molar-refractivity contribution in [3.63, 3.8) is 0 Å². The number of hydrogen-bond donors (Lipinski definition) is 1. The predicted octanol–water partition coefficient (Wildman–Crippen LogP) is 15.4. The molecule has 0 aliphatic carbocycles. The van der Waals surface area contributed by atoms with Crippen LogP contribution in [0.3, 0.4) is 0 Å². The molecule has 0 bridgehead atoms. The Bertz CT molecular complexity index is 3310. The van der Waals surface area contributed by atoms with E-state index in [4.69, 9.17) is 9.97 Å². The van der Waals surface area contributed by atoms with Crippen LogP contribution in [0.2, 0.25) is 0 Å². The molecular weight excluding hydrogens is 755 g/mol. The van der Waals surface area contributed by atoms with E-state index in [1.165, 1.54) is 16.3 Å². The van der Waals surface area contributed by atoms with E-state index < -0.39 is 0 Å². The van der Waals surface area contributed by atoms with Crippen molar-refractivity contribution >= 4 is 32.7 Å². The van der Waals surface area contributed by atoms with E-state index in [-0.39, 0.29) is 16.6 Å². The molecule has 2 aromatic heterocycles. The van der Waals surface area contributed by atoms with Crippen molar-refractivity contribution in [1.82, 2.24) is 14.5 Å². The largest absolute Gasteiger partial charge is 0.507 e. The molecule has 0 aliphatic heterocycles. The molecule has 2 heterocycles. The summed E-state index contributed by atoms with van der Waals surface area (Å²) in [7, 11) is 0.